The van der Waals surface area contributed by atoms with Crippen molar-refractivity contribution in [3.05, 3.63) is 48.0 Å². The number of thioether (sulfide) groups is 1. The number of amides is 2. The van der Waals surface area contributed by atoms with Crippen molar-refractivity contribution in [3.8, 4) is 0 Å². The quantitative estimate of drug-likeness (QED) is 0.581. The summed E-state index contributed by atoms with van der Waals surface area (Å²) in [6.07, 6.45) is 0.139. The van der Waals surface area contributed by atoms with Crippen LogP contribution in [0.4, 0.5) is 19.6 Å². The molecule has 0 bridgehead atoms. The van der Waals surface area contributed by atoms with Gasteiger partial charge in [-0.2, -0.15) is 8.78 Å². The highest BCUT2D eigenvalue weighted by Gasteiger charge is 2.35. The number of carbonyl (C=O) groups is 2. The number of fused-ring (bicyclic) bond motifs is 1. The third-order valence-corrected chi connectivity index (χ3v) is 6.29. The minimum atomic E-state index is -2.49. The molecule has 0 saturated carbocycles. The number of benzene rings is 2. The lowest BCUT2D eigenvalue weighted by molar-refractivity contribution is -0.122. The molecular formula is C20H17F2N3O2S2. The standard InChI is InChI=1S/C20H17F2N3O2S2/c1-11-2-4-13(5-3-11)25-10-12(8-17(25)26)18(27)24-20-23-15-7-6-14(28-19(21)22)9-16(15)29-20/h2-7,9,12,19H,8,10H2,1H3,(H,23,24,27). The number of alkyl halides is 2. The summed E-state index contributed by atoms with van der Waals surface area (Å²) in [5.41, 5.74) is 2.51. The first-order chi connectivity index (χ1) is 13.9. The van der Waals surface area contributed by atoms with Crippen molar-refractivity contribution in [3.63, 3.8) is 0 Å². The Morgan fingerprint density at radius 1 is 1.28 bits per heavy atom. The Labute approximate surface area is 174 Å². The first-order valence-electron chi connectivity index (χ1n) is 8.92. The van der Waals surface area contributed by atoms with Crippen LogP contribution in [0.1, 0.15) is 12.0 Å². The van der Waals surface area contributed by atoms with Crippen LogP contribution < -0.4 is 10.2 Å². The SMILES string of the molecule is Cc1ccc(N2CC(C(=O)Nc3nc4ccc(SC(F)F)cc4s3)CC2=O)cc1. The maximum absolute atomic E-state index is 12.7. The second-order valence-corrected chi connectivity index (χ2v) is 8.85. The summed E-state index contributed by atoms with van der Waals surface area (Å²) >= 11 is 1.70. The molecule has 2 amide bonds. The monoisotopic (exact) mass is 433 g/mol. The van der Waals surface area contributed by atoms with Gasteiger partial charge in [-0.1, -0.05) is 40.8 Å². The van der Waals surface area contributed by atoms with Gasteiger partial charge in [0.15, 0.2) is 5.13 Å². The van der Waals surface area contributed by atoms with Gasteiger partial charge in [0.05, 0.1) is 16.1 Å². The largest absolute Gasteiger partial charge is 0.312 e. The molecule has 9 heteroatoms. The van der Waals surface area contributed by atoms with Gasteiger partial charge in [-0.05, 0) is 37.3 Å². The van der Waals surface area contributed by atoms with Crippen LogP contribution in [-0.4, -0.2) is 29.1 Å². The molecule has 1 saturated heterocycles. The highest BCUT2D eigenvalue weighted by Crippen LogP contribution is 2.33. The van der Waals surface area contributed by atoms with Gasteiger partial charge >= 0.3 is 0 Å². The molecule has 2 aromatic carbocycles. The molecule has 2 heterocycles. The number of hydrogen-bond acceptors (Lipinski definition) is 5. The minimum absolute atomic E-state index is 0.0908. The Morgan fingerprint density at radius 3 is 2.76 bits per heavy atom. The van der Waals surface area contributed by atoms with Gasteiger partial charge in [0.1, 0.15) is 0 Å². The Morgan fingerprint density at radius 2 is 2.03 bits per heavy atom. The molecule has 0 aliphatic carbocycles. The molecule has 1 atom stereocenters. The molecule has 1 N–H and O–H groups in total. The van der Waals surface area contributed by atoms with Crippen molar-refractivity contribution >= 4 is 55.9 Å². The molecule has 1 aliphatic rings. The van der Waals surface area contributed by atoms with Gasteiger partial charge in [0.25, 0.3) is 5.76 Å². The number of aryl methyl sites for hydroxylation is 1. The van der Waals surface area contributed by atoms with Gasteiger partial charge < -0.3 is 10.2 Å². The smallest absolute Gasteiger partial charge is 0.288 e. The third-order valence-electron chi connectivity index (χ3n) is 4.66. The van der Waals surface area contributed by atoms with Crippen molar-refractivity contribution in [1.82, 2.24) is 4.98 Å². The summed E-state index contributed by atoms with van der Waals surface area (Å²) in [5.74, 6) is -3.32. The Bertz CT molecular complexity index is 1070. The Hall–Kier alpha value is -2.52. The first-order valence-corrected chi connectivity index (χ1v) is 10.6. The number of aromatic nitrogens is 1. The highest BCUT2D eigenvalue weighted by atomic mass is 32.2. The van der Waals surface area contributed by atoms with E-state index in [2.05, 4.69) is 10.3 Å². The number of rotatable bonds is 5. The average Bonchev–Trinajstić information content (AvgIpc) is 3.24. The molecule has 3 aromatic rings. The van der Waals surface area contributed by atoms with E-state index in [4.69, 9.17) is 0 Å². The zero-order chi connectivity index (χ0) is 20.5. The summed E-state index contributed by atoms with van der Waals surface area (Å²) in [6.45, 7) is 2.28. The van der Waals surface area contributed by atoms with E-state index < -0.39 is 11.7 Å². The van der Waals surface area contributed by atoms with Crippen molar-refractivity contribution in [1.29, 1.82) is 0 Å². The van der Waals surface area contributed by atoms with Crippen molar-refractivity contribution < 1.29 is 18.4 Å². The maximum atomic E-state index is 12.7. The van der Waals surface area contributed by atoms with Gasteiger partial charge in [0, 0.05) is 23.5 Å². The fourth-order valence-electron chi connectivity index (χ4n) is 3.20. The molecule has 4 rings (SSSR count). The van der Waals surface area contributed by atoms with E-state index in [9.17, 15) is 18.4 Å². The van der Waals surface area contributed by atoms with Crippen LogP contribution in [-0.2, 0) is 9.59 Å². The van der Waals surface area contributed by atoms with Crippen LogP contribution in [0.3, 0.4) is 0 Å². The van der Waals surface area contributed by atoms with Crippen molar-refractivity contribution in [2.24, 2.45) is 5.92 Å². The number of thiazole rings is 1. The topological polar surface area (TPSA) is 62.3 Å². The van der Waals surface area contributed by atoms with Crippen LogP contribution in [0, 0.1) is 12.8 Å². The minimum Gasteiger partial charge on any atom is -0.312 e. The number of halogens is 2. The third kappa shape index (κ3) is 4.40. The first kappa shape index (κ1) is 19.8. The number of nitrogens with one attached hydrogen (secondary N) is 1. The van der Waals surface area contributed by atoms with Crippen LogP contribution in [0.2, 0.25) is 0 Å². The molecule has 1 aromatic heterocycles. The molecule has 1 aliphatic heterocycles. The molecule has 0 radical (unpaired) electrons. The number of anilines is 2. The maximum Gasteiger partial charge on any atom is 0.288 e. The summed E-state index contributed by atoms with van der Waals surface area (Å²) < 4.78 is 25.8. The zero-order valence-electron chi connectivity index (χ0n) is 15.4. The summed E-state index contributed by atoms with van der Waals surface area (Å²) in [5, 5.41) is 3.16. The molecule has 29 heavy (non-hydrogen) atoms. The van der Waals surface area contributed by atoms with E-state index in [1.54, 1.807) is 23.1 Å². The highest BCUT2D eigenvalue weighted by molar-refractivity contribution is 7.99. The van der Waals surface area contributed by atoms with E-state index in [1.165, 1.54) is 11.3 Å². The number of nitrogens with zero attached hydrogens (tertiary/aromatic N) is 2. The predicted molar refractivity (Wildman–Crippen MR) is 112 cm³/mol. The lowest BCUT2D eigenvalue weighted by Crippen LogP contribution is -2.28. The van der Waals surface area contributed by atoms with Crippen molar-refractivity contribution in [2.45, 2.75) is 24.0 Å². The lowest BCUT2D eigenvalue weighted by atomic mass is 10.1. The van der Waals surface area contributed by atoms with Crippen LogP contribution >= 0.6 is 23.1 Å². The van der Waals surface area contributed by atoms with E-state index in [0.717, 1.165) is 16.0 Å². The fraction of sp³-hybridized carbons (Fsp3) is 0.250. The van der Waals surface area contributed by atoms with Crippen LogP contribution in [0.15, 0.2) is 47.4 Å². The molecule has 1 fully saturated rings. The van der Waals surface area contributed by atoms with E-state index in [-0.39, 0.29) is 18.2 Å². The second-order valence-electron chi connectivity index (χ2n) is 6.76. The molecule has 1 unspecified atom stereocenters. The number of carbonyl (C=O) groups excluding carboxylic acids is 2. The zero-order valence-corrected chi connectivity index (χ0v) is 17.0. The summed E-state index contributed by atoms with van der Waals surface area (Å²) in [7, 11) is 0. The molecule has 5 nitrogen and oxygen atoms in total. The molecule has 150 valence electrons. The van der Waals surface area contributed by atoms with Gasteiger partial charge in [0.2, 0.25) is 11.8 Å². The summed E-state index contributed by atoms with van der Waals surface area (Å²) in [4.78, 5) is 31.4. The second kappa shape index (κ2) is 8.08. The Balaban J connectivity index is 1.45. The molecular weight excluding hydrogens is 416 g/mol. The van der Waals surface area contributed by atoms with E-state index in [0.29, 0.717) is 33.9 Å². The predicted octanol–water partition coefficient (Wildman–Crippen LogP) is 4.91. The van der Waals surface area contributed by atoms with Crippen molar-refractivity contribution in [2.75, 3.05) is 16.8 Å². The fourth-order valence-corrected chi connectivity index (χ4v) is 4.72. The van der Waals surface area contributed by atoms with Gasteiger partial charge in [-0.15, -0.1) is 0 Å². The summed E-state index contributed by atoms with van der Waals surface area (Å²) in [6, 6.07) is 12.5. The lowest BCUT2D eigenvalue weighted by Gasteiger charge is -2.16. The average molecular weight is 434 g/mol. The van der Waals surface area contributed by atoms with E-state index >= 15 is 0 Å². The number of hydrogen-bond donors (Lipinski definition) is 1. The van der Waals surface area contributed by atoms with Crippen LogP contribution in [0.5, 0.6) is 0 Å². The van der Waals surface area contributed by atoms with E-state index in [1.807, 2.05) is 31.2 Å². The van der Waals surface area contributed by atoms with Gasteiger partial charge in [-0.3, -0.25) is 9.59 Å². The van der Waals surface area contributed by atoms with Crippen LogP contribution in [0.25, 0.3) is 10.2 Å². The van der Waals surface area contributed by atoms with Gasteiger partial charge in [-0.25, -0.2) is 4.98 Å². The normalized spacial score (nSPS) is 16.8. The Kier molecular flexibility index (Phi) is 5.51. The molecule has 0 spiro atoms.